The van der Waals surface area contributed by atoms with Crippen LogP contribution in [-0.4, -0.2) is 34.2 Å². The van der Waals surface area contributed by atoms with Crippen molar-refractivity contribution in [2.45, 2.75) is 25.9 Å². The minimum Gasteiger partial charge on any atom is -0.693 e. The van der Waals surface area contributed by atoms with Crippen molar-refractivity contribution in [1.29, 1.82) is 0 Å². The third kappa shape index (κ3) is 4.07. The Bertz CT molecular complexity index is 286. The van der Waals surface area contributed by atoms with Gasteiger partial charge in [0, 0.05) is 19.8 Å². The number of hydrogen-bond acceptors (Lipinski definition) is 4. The smallest absolute Gasteiger partial charge is 0.693 e. The van der Waals surface area contributed by atoms with Crippen LogP contribution in [0.15, 0.2) is 0 Å². The summed E-state index contributed by atoms with van der Waals surface area (Å²) in [5, 5.41) is 17.4. The van der Waals surface area contributed by atoms with Gasteiger partial charge in [-0.3, -0.25) is 14.4 Å². The van der Waals surface area contributed by atoms with Gasteiger partial charge in [0.15, 0.2) is 5.41 Å². The van der Waals surface area contributed by atoms with E-state index in [0.29, 0.717) is 0 Å². The normalized spacial score (nSPS) is 16.1. The van der Waals surface area contributed by atoms with Gasteiger partial charge in [-0.15, -0.1) is 0 Å². The van der Waals surface area contributed by atoms with Gasteiger partial charge in [0.2, 0.25) is 0 Å². The van der Waals surface area contributed by atoms with Crippen LogP contribution in [0.25, 0.3) is 12.3 Å². The largest absolute Gasteiger partial charge is 2.00 e. The van der Waals surface area contributed by atoms with Gasteiger partial charge in [-0.25, -0.2) is 0 Å². The molecule has 6 N–H and O–H groups in total. The van der Waals surface area contributed by atoms with Crippen LogP contribution in [0.3, 0.4) is 0 Å². The van der Waals surface area contributed by atoms with Crippen molar-refractivity contribution in [1.82, 2.24) is 0 Å². The van der Waals surface area contributed by atoms with Crippen LogP contribution in [0.2, 0.25) is 0 Å². The van der Waals surface area contributed by atoms with Gasteiger partial charge in [-0.1, -0.05) is 0 Å². The summed E-state index contributed by atoms with van der Waals surface area (Å²) in [5.74, 6) is -3.29. The van der Waals surface area contributed by atoms with Crippen LogP contribution < -0.4 is 0 Å². The minimum atomic E-state index is -1.76. The number of ether oxygens (including phenoxy) is 1. The van der Waals surface area contributed by atoms with Crippen molar-refractivity contribution in [2.24, 2.45) is 5.41 Å². The Kier molecular flexibility index (Phi) is 9.24. The van der Waals surface area contributed by atoms with E-state index in [2.05, 4.69) is 4.74 Å². The van der Waals surface area contributed by atoms with Gasteiger partial charge in [-0.05, 0) is 0 Å². The second kappa shape index (κ2) is 7.36. The molecule has 17 heavy (non-hydrogen) atoms. The van der Waals surface area contributed by atoms with Crippen LogP contribution in [-0.2, 0) is 40.2 Å². The zero-order valence-corrected chi connectivity index (χ0v) is 11.3. The van der Waals surface area contributed by atoms with Crippen molar-refractivity contribution >= 4 is 17.9 Å². The molecule has 0 amide bonds. The summed E-state index contributed by atoms with van der Waals surface area (Å²) in [6.45, 7) is 1.20. The molecule has 0 spiro atoms. The topological polar surface area (TPSA) is 168 Å². The Labute approximate surface area is 112 Å². The Hall–Kier alpha value is -0.982. The van der Waals surface area contributed by atoms with Crippen molar-refractivity contribution < 1.29 is 50.4 Å². The first-order valence-electron chi connectivity index (χ1n) is 4.02. The van der Waals surface area contributed by atoms with Gasteiger partial charge >= 0.3 is 39.0 Å². The maximum absolute atomic E-state index is 10.7. The summed E-state index contributed by atoms with van der Waals surface area (Å²) >= 11 is 0. The van der Waals surface area contributed by atoms with Crippen LogP contribution in [0.1, 0.15) is 19.8 Å². The van der Waals surface area contributed by atoms with Gasteiger partial charge in [0.25, 0.3) is 0 Å². The Morgan fingerprint density at radius 2 is 1.47 bits per heavy atom. The first kappa shape index (κ1) is 21.3. The molecule has 1 fully saturated rings. The number of esters is 1. The molecule has 1 aliphatic carbocycles. The minimum absolute atomic E-state index is 0. The monoisotopic (exact) mass is 429 g/mol. The van der Waals surface area contributed by atoms with E-state index in [1.807, 2.05) is 0 Å². The number of nitrogens with two attached hydrogens (primary N) is 2. The average molecular weight is 429 g/mol. The standard InChI is InChI=1S/C8H10O6.2H2N.Pt/c1-4(9)14-5-2-8(3-5,6(10)11)7(12)13;;;/h5H,2-3H2,1H3,(H,10,11)(H,12,13);2*1H2;/q;2*-1;+2. The number of rotatable bonds is 3. The van der Waals surface area contributed by atoms with E-state index < -0.39 is 29.4 Å². The number of aliphatic carboxylic acids is 2. The Balaban J connectivity index is -0.000000653. The fourth-order valence-corrected chi connectivity index (χ4v) is 1.48. The summed E-state index contributed by atoms with van der Waals surface area (Å²) in [7, 11) is 0. The zero-order valence-electron chi connectivity index (χ0n) is 8.99. The number of carbonyl (C=O) groups is 3. The number of hydrogen-bond donors (Lipinski definition) is 2. The summed E-state index contributed by atoms with van der Waals surface area (Å²) in [5.41, 5.74) is -1.76. The third-order valence-corrected chi connectivity index (χ3v) is 2.30. The molecule has 0 aromatic rings. The SMILES string of the molecule is CC(=O)OC1CC(C(=O)O)(C(=O)O)C1.[NH2-].[NH2-].[Pt+2]. The fraction of sp³-hybridized carbons (Fsp3) is 0.625. The molecule has 0 atom stereocenters. The van der Waals surface area contributed by atoms with E-state index in [1.165, 1.54) is 6.92 Å². The molecule has 1 aliphatic rings. The molecule has 1 rings (SSSR count). The van der Waals surface area contributed by atoms with Gasteiger partial charge in [0.05, 0.1) is 0 Å². The Morgan fingerprint density at radius 1 is 1.12 bits per heavy atom. The molecule has 0 saturated heterocycles. The summed E-state index contributed by atoms with van der Waals surface area (Å²) in [4.78, 5) is 31.8. The quantitative estimate of drug-likeness (QED) is 0.506. The maximum Gasteiger partial charge on any atom is 2.00 e. The Morgan fingerprint density at radius 3 is 1.71 bits per heavy atom. The maximum atomic E-state index is 10.7. The molecular formula is C8H14N2O6Pt. The molecule has 0 heterocycles. The number of carboxylic acid groups (broad SMARTS) is 2. The predicted octanol–water partition coefficient (Wildman–Crippen LogP) is 1.30. The first-order valence-corrected chi connectivity index (χ1v) is 4.02. The van der Waals surface area contributed by atoms with Gasteiger partial charge in [0.1, 0.15) is 6.10 Å². The molecule has 0 aromatic heterocycles. The molecule has 0 aromatic carbocycles. The van der Waals surface area contributed by atoms with Crippen molar-refractivity contribution in [2.75, 3.05) is 0 Å². The first-order chi connectivity index (χ1) is 6.38. The van der Waals surface area contributed by atoms with Crippen LogP contribution in [0.4, 0.5) is 0 Å². The molecule has 0 bridgehead atoms. The zero-order chi connectivity index (χ0) is 10.9. The molecule has 0 unspecified atom stereocenters. The second-order valence-corrected chi connectivity index (χ2v) is 3.33. The molecule has 1 saturated carbocycles. The number of carboxylic acids is 2. The van der Waals surface area contributed by atoms with E-state index in [-0.39, 0.29) is 46.2 Å². The van der Waals surface area contributed by atoms with E-state index in [0.717, 1.165) is 0 Å². The average Bonchev–Trinajstić information content (AvgIpc) is 1.93. The van der Waals surface area contributed by atoms with Gasteiger partial charge in [-0.2, -0.15) is 0 Å². The molecule has 0 aliphatic heterocycles. The molecule has 0 radical (unpaired) electrons. The van der Waals surface area contributed by atoms with Crippen molar-refractivity contribution in [3.63, 3.8) is 0 Å². The molecule has 9 heteroatoms. The van der Waals surface area contributed by atoms with Crippen LogP contribution in [0.5, 0.6) is 0 Å². The molecule has 102 valence electrons. The van der Waals surface area contributed by atoms with Gasteiger partial charge < -0.3 is 27.3 Å². The van der Waals surface area contributed by atoms with E-state index in [4.69, 9.17) is 10.2 Å². The molecular weight excluding hydrogens is 415 g/mol. The predicted molar refractivity (Wildman–Crippen MR) is 53.1 cm³/mol. The van der Waals surface area contributed by atoms with E-state index in [9.17, 15) is 14.4 Å². The third-order valence-electron chi connectivity index (χ3n) is 2.30. The fourth-order valence-electron chi connectivity index (χ4n) is 1.48. The second-order valence-electron chi connectivity index (χ2n) is 3.33. The van der Waals surface area contributed by atoms with E-state index >= 15 is 0 Å². The van der Waals surface area contributed by atoms with Crippen molar-refractivity contribution in [3.05, 3.63) is 12.3 Å². The van der Waals surface area contributed by atoms with E-state index in [1.54, 1.807) is 0 Å². The van der Waals surface area contributed by atoms with Crippen molar-refractivity contribution in [3.8, 4) is 0 Å². The summed E-state index contributed by atoms with van der Waals surface area (Å²) in [6, 6.07) is 0. The summed E-state index contributed by atoms with van der Waals surface area (Å²) < 4.78 is 4.68. The summed E-state index contributed by atoms with van der Waals surface area (Å²) in [6.07, 6.45) is -0.895. The number of carbonyl (C=O) groups excluding carboxylic acids is 1. The molecule has 8 nitrogen and oxygen atoms in total. The van der Waals surface area contributed by atoms with Crippen LogP contribution in [0, 0.1) is 5.41 Å². The van der Waals surface area contributed by atoms with Crippen LogP contribution >= 0.6 is 0 Å².